The number of nitrogens with zero attached hydrogens (tertiary/aromatic N) is 4. The normalized spacial score (nSPS) is 22.6. The molecule has 1 aromatic carbocycles. The Hall–Kier alpha value is -2.37. The number of hydrogen-bond donors (Lipinski definition) is 1. The summed E-state index contributed by atoms with van der Waals surface area (Å²) in [7, 11) is 0. The zero-order valence-electron chi connectivity index (χ0n) is 12.1. The van der Waals surface area contributed by atoms with Gasteiger partial charge in [0.2, 0.25) is 0 Å². The molecule has 1 fully saturated rings. The predicted octanol–water partition coefficient (Wildman–Crippen LogP) is 2.21. The summed E-state index contributed by atoms with van der Waals surface area (Å²) in [5, 5.41) is 9.26. The van der Waals surface area contributed by atoms with Crippen LogP contribution in [0, 0.1) is 0 Å². The summed E-state index contributed by atoms with van der Waals surface area (Å²) in [5.41, 5.74) is 1.72. The monoisotopic (exact) mass is 286 g/mol. The third-order valence-corrected chi connectivity index (χ3v) is 3.90. The molecule has 1 aromatic heterocycles. The van der Waals surface area contributed by atoms with Crippen LogP contribution < -0.4 is 4.90 Å². The number of piperazine rings is 1. The molecule has 1 N–H and O–H groups in total. The van der Waals surface area contributed by atoms with E-state index in [0.29, 0.717) is 13.1 Å². The van der Waals surface area contributed by atoms with E-state index in [9.17, 15) is 9.90 Å². The molecule has 0 spiro atoms. The average Bonchev–Trinajstić information content (AvgIpc) is 2.45. The second-order valence-electron chi connectivity index (χ2n) is 5.51. The molecule has 3 rings (SSSR count). The van der Waals surface area contributed by atoms with Crippen molar-refractivity contribution in [3.05, 3.63) is 30.5 Å². The van der Waals surface area contributed by atoms with Crippen LogP contribution in [-0.4, -0.2) is 51.2 Å². The van der Waals surface area contributed by atoms with Crippen LogP contribution in [0.25, 0.3) is 11.0 Å². The molecule has 2 atom stereocenters. The van der Waals surface area contributed by atoms with Crippen molar-refractivity contribution >= 4 is 22.9 Å². The van der Waals surface area contributed by atoms with Crippen LogP contribution in [-0.2, 0) is 0 Å². The number of fused-ring (bicyclic) bond motifs is 1. The van der Waals surface area contributed by atoms with Crippen LogP contribution in [0.3, 0.4) is 0 Å². The maximum absolute atomic E-state index is 11.3. The van der Waals surface area contributed by atoms with E-state index in [4.69, 9.17) is 0 Å². The fourth-order valence-electron chi connectivity index (χ4n) is 2.99. The van der Waals surface area contributed by atoms with Crippen molar-refractivity contribution in [2.75, 3.05) is 18.0 Å². The van der Waals surface area contributed by atoms with Crippen LogP contribution in [0.2, 0.25) is 0 Å². The quantitative estimate of drug-likeness (QED) is 0.870. The molecular formula is C15H18N4O2. The lowest BCUT2D eigenvalue weighted by Gasteiger charge is -2.43. The molecule has 1 aliphatic heterocycles. The lowest BCUT2D eigenvalue weighted by Crippen LogP contribution is -2.58. The first kappa shape index (κ1) is 13.6. The minimum atomic E-state index is -0.862. The van der Waals surface area contributed by atoms with E-state index in [-0.39, 0.29) is 12.1 Å². The summed E-state index contributed by atoms with van der Waals surface area (Å²) >= 11 is 0. The molecular weight excluding hydrogens is 268 g/mol. The molecule has 1 aliphatic rings. The third-order valence-electron chi connectivity index (χ3n) is 3.90. The zero-order chi connectivity index (χ0) is 15.0. The first-order valence-electron chi connectivity index (χ1n) is 7.04. The highest BCUT2D eigenvalue weighted by Crippen LogP contribution is 2.22. The number of benzene rings is 1. The second kappa shape index (κ2) is 5.20. The Morgan fingerprint density at radius 3 is 2.43 bits per heavy atom. The van der Waals surface area contributed by atoms with Gasteiger partial charge in [0.15, 0.2) is 0 Å². The third kappa shape index (κ3) is 2.49. The zero-order valence-corrected chi connectivity index (χ0v) is 12.1. The first-order valence-corrected chi connectivity index (χ1v) is 7.04. The van der Waals surface area contributed by atoms with Gasteiger partial charge >= 0.3 is 6.09 Å². The summed E-state index contributed by atoms with van der Waals surface area (Å²) in [6.45, 7) is 5.10. The SMILES string of the molecule is C[C@@H]1CN(c2cnc3ccccc3n2)C[C@@H](C)N1C(=O)O. The summed E-state index contributed by atoms with van der Waals surface area (Å²) in [4.78, 5) is 23.9. The molecule has 1 amide bonds. The van der Waals surface area contributed by atoms with E-state index in [1.165, 1.54) is 4.90 Å². The minimum Gasteiger partial charge on any atom is -0.465 e. The number of para-hydroxylation sites is 2. The highest BCUT2D eigenvalue weighted by Gasteiger charge is 2.33. The first-order chi connectivity index (χ1) is 10.1. The van der Waals surface area contributed by atoms with Crippen molar-refractivity contribution in [3.63, 3.8) is 0 Å². The van der Waals surface area contributed by atoms with Gasteiger partial charge in [0.1, 0.15) is 5.82 Å². The van der Waals surface area contributed by atoms with Crippen LogP contribution in [0.5, 0.6) is 0 Å². The predicted molar refractivity (Wildman–Crippen MR) is 80.5 cm³/mol. The molecule has 0 saturated carbocycles. The Bertz CT molecular complexity index is 664. The molecule has 110 valence electrons. The van der Waals surface area contributed by atoms with Crippen LogP contribution in [0.4, 0.5) is 10.6 Å². The number of amides is 1. The number of anilines is 1. The molecule has 2 heterocycles. The van der Waals surface area contributed by atoms with Crippen molar-refractivity contribution < 1.29 is 9.90 Å². The summed E-state index contributed by atoms with van der Waals surface area (Å²) in [5.74, 6) is 0.803. The number of carboxylic acid groups (broad SMARTS) is 1. The fraction of sp³-hybridized carbons (Fsp3) is 0.400. The van der Waals surface area contributed by atoms with Gasteiger partial charge in [0.05, 0.1) is 29.3 Å². The number of hydrogen-bond acceptors (Lipinski definition) is 4. The van der Waals surface area contributed by atoms with Gasteiger partial charge < -0.3 is 10.0 Å². The Morgan fingerprint density at radius 2 is 1.81 bits per heavy atom. The van der Waals surface area contributed by atoms with Gasteiger partial charge in [-0.1, -0.05) is 12.1 Å². The molecule has 6 nitrogen and oxygen atoms in total. The van der Waals surface area contributed by atoms with E-state index in [2.05, 4.69) is 14.9 Å². The minimum absolute atomic E-state index is 0.0699. The molecule has 2 aromatic rings. The number of rotatable bonds is 1. The standard InChI is InChI=1S/C15H18N4O2/c1-10-8-18(9-11(2)19(10)15(20)21)14-7-16-12-5-3-4-6-13(12)17-14/h3-7,10-11H,8-9H2,1-2H3,(H,20,21)/t10-,11-/m1/s1. The highest BCUT2D eigenvalue weighted by molar-refractivity contribution is 5.75. The second-order valence-corrected chi connectivity index (χ2v) is 5.51. The topological polar surface area (TPSA) is 69.6 Å². The van der Waals surface area contributed by atoms with E-state index in [1.54, 1.807) is 6.20 Å². The molecule has 21 heavy (non-hydrogen) atoms. The van der Waals surface area contributed by atoms with Gasteiger partial charge in [-0.05, 0) is 26.0 Å². The van der Waals surface area contributed by atoms with Gasteiger partial charge in [-0.25, -0.2) is 9.78 Å². The van der Waals surface area contributed by atoms with Crippen molar-refractivity contribution in [2.24, 2.45) is 0 Å². The van der Waals surface area contributed by atoms with Gasteiger partial charge in [-0.3, -0.25) is 9.88 Å². The van der Waals surface area contributed by atoms with Gasteiger partial charge in [0.25, 0.3) is 0 Å². The van der Waals surface area contributed by atoms with E-state index in [0.717, 1.165) is 16.9 Å². The van der Waals surface area contributed by atoms with Crippen LogP contribution >= 0.6 is 0 Å². The van der Waals surface area contributed by atoms with Crippen molar-refractivity contribution in [1.29, 1.82) is 0 Å². The molecule has 1 saturated heterocycles. The summed E-state index contributed by atoms with van der Waals surface area (Å²) in [6, 6.07) is 7.60. The lowest BCUT2D eigenvalue weighted by atomic mass is 10.1. The average molecular weight is 286 g/mol. The summed E-state index contributed by atoms with van der Waals surface area (Å²) < 4.78 is 0. The fourth-order valence-corrected chi connectivity index (χ4v) is 2.99. The maximum Gasteiger partial charge on any atom is 0.407 e. The molecule has 0 radical (unpaired) electrons. The van der Waals surface area contributed by atoms with Crippen LogP contribution in [0.15, 0.2) is 30.5 Å². The molecule has 0 bridgehead atoms. The highest BCUT2D eigenvalue weighted by atomic mass is 16.4. The van der Waals surface area contributed by atoms with Crippen molar-refractivity contribution in [2.45, 2.75) is 25.9 Å². The van der Waals surface area contributed by atoms with E-state index < -0.39 is 6.09 Å². The van der Waals surface area contributed by atoms with Crippen LogP contribution in [0.1, 0.15) is 13.8 Å². The molecule has 6 heteroatoms. The van der Waals surface area contributed by atoms with Gasteiger partial charge in [-0.2, -0.15) is 0 Å². The van der Waals surface area contributed by atoms with E-state index in [1.807, 2.05) is 38.1 Å². The van der Waals surface area contributed by atoms with Gasteiger partial charge in [0, 0.05) is 13.1 Å². The smallest absolute Gasteiger partial charge is 0.407 e. The largest absolute Gasteiger partial charge is 0.465 e. The molecule has 0 aliphatic carbocycles. The summed E-state index contributed by atoms with van der Waals surface area (Å²) in [6.07, 6.45) is 0.900. The van der Waals surface area contributed by atoms with Crippen molar-refractivity contribution in [1.82, 2.24) is 14.9 Å². The Balaban J connectivity index is 1.88. The van der Waals surface area contributed by atoms with E-state index >= 15 is 0 Å². The Morgan fingerprint density at radius 1 is 1.19 bits per heavy atom. The maximum atomic E-state index is 11.3. The number of carbonyl (C=O) groups is 1. The Kier molecular flexibility index (Phi) is 3.37. The molecule has 0 unspecified atom stereocenters. The lowest BCUT2D eigenvalue weighted by molar-refractivity contribution is 0.0981. The number of aromatic nitrogens is 2. The Labute approximate surface area is 123 Å². The van der Waals surface area contributed by atoms with Crippen molar-refractivity contribution in [3.8, 4) is 0 Å². The van der Waals surface area contributed by atoms with Gasteiger partial charge in [-0.15, -0.1) is 0 Å².